The molecule has 15 heavy (non-hydrogen) atoms. The van der Waals surface area contributed by atoms with Crippen LogP contribution in [-0.4, -0.2) is 17.0 Å². The van der Waals surface area contributed by atoms with Gasteiger partial charge in [0.15, 0.2) is 0 Å². The Labute approximate surface area is 95.5 Å². The fraction of sp³-hybridized carbons (Fsp3) is 0.500. The molecule has 1 rings (SSSR count). The molecule has 1 aromatic rings. The molecule has 0 unspecified atom stereocenters. The van der Waals surface area contributed by atoms with E-state index in [0.717, 1.165) is 18.0 Å². The number of halogens is 1. The molecule has 0 amide bonds. The Hall–Kier alpha value is -0.700. The van der Waals surface area contributed by atoms with E-state index in [1.807, 2.05) is 17.8 Å². The van der Waals surface area contributed by atoms with Gasteiger partial charge in [-0.1, -0.05) is 26.8 Å². The standard InChI is InChI=1S/C12H18FNS/c1-12(2,3)15-8-7-14-11-6-4-5-10(13)9-11/h4-6,9,14H,7-8H2,1-3H3. The van der Waals surface area contributed by atoms with E-state index in [2.05, 4.69) is 26.1 Å². The van der Waals surface area contributed by atoms with Crippen LogP contribution in [0.5, 0.6) is 0 Å². The molecular formula is C12H18FNS. The van der Waals surface area contributed by atoms with Gasteiger partial charge in [0.25, 0.3) is 0 Å². The first-order chi connectivity index (χ1) is 6.97. The second-order valence-corrected chi connectivity index (χ2v) is 6.32. The molecule has 0 saturated heterocycles. The van der Waals surface area contributed by atoms with E-state index in [0.29, 0.717) is 4.75 Å². The second-order valence-electron chi connectivity index (χ2n) is 4.40. The van der Waals surface area contributed by atoms with Gasteiger partial charge in [0.1, 0.15) is 5.82 Å². The van der Waals surface area contributed by atoms with Crippen LogP contribution in [0.2, 0.25) is 0 Å². The van der Waals surface area contributed by atoms with Gasteiger partial charge in [0, 0.05) is 22.7 Å². The first kappa shape index (κ1) is 12.4. The minimum absolute atomic E-state index is 0.191. The van der Waals surface area contributed by atoms with Crippen LogP contribution in [0.3, 0.4) is 0 Å². The van der Waals surface area contributed by atoms with Crippen LogP contribution in [-0.2, 0) is 0 Å². The molecule has 0 aliphatic rings. The Morgan fingerprint density at radius 3 is 2.67 bits per heavy atom. The van der Waals surface area contributed by atoms with Crippen LogP contribution in [0, 0.1) is 5.82 Å². The lowest BCUT2D eigenvalue weighted by atomic mass is 10.3. The van der Waals surface area contributed by atoms with Crippen molar-refractivity contribution in [1.29, 1.82) is 0 Å². The van der Waals surface area contributed by atoms with Gasteiger partial charge in [-0.05, 0) is 18.2 Å². The number of thioether (sulfide) groups is 1. The molecule has 0 aliphatic heterocycles. The van der Waals surface area contributed by atoms with Crippen molar-refractivity contribution in [3.05, 3.63) is 30.1 Å². The molecular weight excluding hydrogens is 209 g/mol. The highest BCUT2D eigenvalue weighted by atomic mass is 32.2. The van der Waals surface area contributed by atoms with Gasteiger partial charge in [-0.25, -0.2) is 4.39 Å². The molecule has 0 aliphatic carbocycles. The largest absolute Gasteiger partial charge is 0.384 e. The predicted octanol–water partition coefficient (Wildman–Crippen LogP) is 3.77. The highest BCUT2D eigenvalue weighted by Gasteiger charge is 2.09. The predicted molar refractivity (Wildman–Crippen MR) is 67.1 cm³/mol. The Bertz CT molecular complexity index is 307. The number of hydrogen-bond donors (Lipinski definition) is 1. The van der Waals surface area contributed by atoms with Gasteiger partial charge in [-0.2, -0.15) is 11.8 Å². The molecule has 0 saturated carbocycles. The summed E-state index contributed by atoms with van der Waals surface area (Å²) in [6.07, 6.45) is 0. The van der Waals surface area contributed by atoms with Crippen LogP contribution in [0.15, 0.2) is 24.3 Å². The molecule has 1 N–H and O–H groups in total. The van der Waals surface area contributed by atoms with Crippen molar-refractivity contribution in [3.63, 3.8) is 0 Å². The molecule has 1 aromatic carbocycles. The fourth-order valence-electron chi connectivity index (χ4n) is 1.15. The lowest BCUT2D eigenvalue weighted by Gasteiger charge is -2.17. The number of anilines is 1. The van der Waals surface area contributed by atoms with Crippen LogP contribution in [0.4, 0.5) is 10.1 Å². The second kappa shape index (κ2) is 5.40. The van der Waals surface area contributed by atoms with Gasteiger partial charge in [0.2, 0.25) is 0 Å². The highest BCUT2D eigenvalue weighted by Crippen LogP contribution is 2.22. The maximum absolute atomic E-state index is 12.8. The molecule has 1 nitrogen and oxygen atoms in total. The molecule has 0 atom stereocenters. The first-order valence-corrected chi connectivity index (χ1v) is 6.09. The number of rotatable bonds is 4. The maximum Gasteiger partial charge on any atom is 0.125 e. The quantitative estimate of drug-likeness (QED) is 0.786. The van der Waals surface area contributed by atoms with Crippen molar-refractivity contribution in [2.45, 2.75) is 25.5 Å². The molecule has 0 fully saturated rings. The minimum Gasteiger partial charge on any atom is -0.384 e. The van der Waals surface area contributed by atoms with E-state index in [9.17, 15) is 4.39 Å². The zero-order valence-electron chi connectivity index (χ0n) is 9.51. The Morgan fingerprint density at radius 2 is 2.07 bits per heavy atom. The van der Waals surface area contributed by atoms with Crippen molar-refractivity contribution in [2.24, 2.45) is 0 Å². The summed E-state index contributed by atoms with van der Waals surface area (Å²) in [6.45, 7) is 7.45. The zero-order valence-corrected chi connectivity index (χ0v) is 10.3. The smallest absolute Gasteiger partial charge is 0.125 e. The van der Waals surface area contributed by atoms with Crippen molar-refractivity contribution in [3.8, 4) is 0 Å². The van der Waals surface area contributed by atoms with Crippen molar-refractivity contribution >= 4 is 17.4 Å². The van der Waals surface area contributed by atoms with Crippen LogP contribution in [0.25, 0.3) is 0 Å². The lowest BCUT2D eigenvalue weighted by molar-refractivity contribution is 0.628. The molecule has 0 aromatic heterocycles. The van der Waals surface area contributed by atoms with Crippen LogP contribution >= 0.6 is 11.8 Å². The molecule has 0 heterocycles. The third-order valence-corrected chi connectivity index (χ3v) is 3.07. The third kappa shape index (κ3) is 5.67. The summed E-state index contributed by atoms with van der Waals surface area (Å²) < 4.78 is 13.1. The van der Waals surface area contributed by atoms with E-state index in [-0.39, 0.29) is 5.82 Å². The highest BCUT2D eigenvalue weighted by molar-refractivity contribution is 8.00. The number of nitrogens with one attached hydrogen (secondary N) is 1. The number of hydrogen-bond acceptors (Lipinski definition) is 2. The summed E-state index contributed by atoms with van der Waals surface area (Å²) in [5, 5.41) is 3.20. The van der Waals surface area contributed by atoms with E-state index in [1.165, 1.54) is 12.1 Å². The maximum atomic E-state index is 12.8. The zero-order chi connectivity index (χ0) is 11.3. The van der Waals surface area contributed by atoms with E-state index in [4.69, 9.17) is 0 Å². The summed E-state index contributed by atoms with van der Waals surface area (Å²) in [4.78, 5) is 0. The lowest BCUT2D eigenvalue weighted by Crippen LogP contribution is -2.12. The minimum atomic E-state index is -0.191. The van der Waals surface area contributed by atoms with Crippen molar-refractivity contribution in [1.82, 2.24) is 0 Å². The summed E-state index contributed by atoms with van der Waals surface area (Å²) >= 11 is 1.90. The fourth-order valence-corrected chi connectivity index (χ4v) is 1.97. The molecule has 3 heteroatoms. The van der Waals surface area contributed by atoms with E-state index >= 15 is 0 Å². The summed E-state index contributed by atoms with van der Waals surface area (Å²) in [5.74, 6) is 0.837. The Balaban J connectivity index is 2.26. The summed E-state index contributed by atoms with van der Waals surface area (Å²) in [6, 6.07) is 6.57. The average molecular weight is 227 g/mol. The topological polar surface area (TPSA) is 12.0 Å². The van der Waals surface area contributed by atoms with Crippen LogP contribution in [0.1, 0.15) is 20.8 Å². The third-order valence-electron chi connectivity index (χ3n) is 1.79. The van der Waals surface area contributed by atoms with Crippen LogP contribution < -0.4 is 5.32 Å². The van der Waals surface area contributed by atoms with Gasteiger partial charge in [-0.3, -0.25) is 0 Å². The molecule has 0 spiro atoms. The molecule has 0 radical (unpaired) electrons. The van der Waals surface area contributed by atoms with Crippen molar-refractivity contribution < 1.29 is 4.39 Å². The van der Waals surface area contributed by atoms with Gasteiger partial charge >= 0.3 is 0 Å². The number of benzene rings is 1. The SMILES string of the molecule is CC(C)(C)SCCNc1cccc(F)c1. The monoisotopic (exact) mass is 227 g/mol. The van der Waals surface area contributed by atoms with E-state index in [1.54, 1.807) is 6.07 Å². The molecule has 0 bridgehead atoms. The summed E-state index contributed by atoms with van der Waals surface area (Å²) in [5.41, 5.74) is 0.851. The average Bonchev–Trinajstić information content (AvgIpc) is 2.11. The first-order valence-electron chi connectivity index (χ1n) is 5.11. The molecule has 84 valence electrons. The summed E-state index contributed by atoms with van der Waals surface area (Å²) in [7, 11) is 0. The normalized spacial score (nSPS) is 11.5. The van der Waals surface area contributed by atoms with Gasteiger partial charge in [0.05, 0.1) is 0 Å². The Morgan fingerprint density at radius 1 is 1.33 bits per heavy atom. The Kier molecular flexibility index (Phi) is 4.45. The van der Waals surface area contributed by atoms with Gasteiger partial charge in [-0.15, -0.1) is 0 Å². The van der Waals surface area contributed by atoms with E-state index < -0.39 is 0 Å². The van der Waals surface area contributed by atoms with Crippen molar-refractivity contribution in [2.75, 3.05) is 17.6 Å². The van der Waals surface area contributed by atoms with Gasteiger partial charge < -0.3 is 5.32 Å².